The summed E-state index contributed by atoms with van der Waals surface area (Å²) in [5, 5.41) is 22.8. The highest BCUT2D eigenvalue weighted by Gasteiger charge is 2.38. The van der Waals surface area contributed by atoms with Gasteiger partial charge in [-0.3, -0.25) is 4.79 Å². The number of nitrogens with one attached hydrogen (secondary N) is 1. The smallest absolute Gasteiger partial charge is 0.388 e. The number of alkyl halides is 3. The lowest BCUT2D eigenvalue weighted by Gasteiger charge is -2.20. The van der Waals surface area contributed by atoms with E-state index in [1.165, 1.54) is 6.07 Å². The molecule has 1 atom stereocenters. The Kier molecular flexibility index (Phi) is 9.28. The molecule has 1 rings (SSSR count). The highest BCUT2D eigenvalue weighted by atomic mass is 35.5. The zero-order chi connectivity index (χ0) is 21.4. The SMILES string of the molecule is CCCC(O)(C#Cc1cc(Cl)cc(C(O)CCNC(=O)C(F)(F)F)c1)CCC. The lowest BCUT2D eigenvalue weighted by molar-refractivity contribution is -0.173. The molecule has 0 aromatic heterocycles. The average molecular weight is 420 g/mol. The van der Waals surface area contributed by atoms with Crippen LogP contribution in [0.15, 0.2) is 18.2 Å². The average Bonchev–Trinajstić information content (AvgIpc) is 2.59. The molecule has 1 unspecified atom stereocenters. The Bertz CT molecular complexity index is 720. The van der Waals surface area contributed by atoms with Crippen molar-refractivity contribution in [3.8, 4) is 11.8 Å². The fraction of sp³-hybridized carbons (Fsp3) is 0.550. The van der Waals surface area contributed by atoms with Gasteiger partial charge in [-0.1, -0.05) is 50.1 Å². The van der Waals surface area contributed by atoms with E-state index < -0.39 is 23.8 Å². The van der Waals surface area contributed by atoms with Gasteiger partial charge in [-0.15, -0.1) is 0 Å². The standard InChI is InChI=1S/C20H25ClF3NO3/c1-3-7-19(28,8-4-2)9-5-14-11-15(13-16(21)12-14)17(26)6-10-25-18(27)20(22,23)24/h11-13,17,26,28H,3-4,6-8,10H2,1-2H3,(H,25,27). The molecule has 4 nitrogen and oxygen atoms in total. The number of rotatable bonds is 8. The highest BCUT2D eigenvalue weighted by Crippen LogP contribution is 2.24. The molecule has 0 heterocycles. The Morgan fingerprint density at radius 2 is 1.82 bits per heavy atom. The number of amides is 1. The number of benzene rings is 1. The zero-order valence-corrected chi connectivity index (χ0v) is 16.6. The fourth-order valence-electron chi connectivity index (χ4n) is 2.73. The summed E-state index contributed by atoms with van der Waals surface area (Å²) in [4.78, 5) is 10.8. The second kappa shape index (κ2) is 10.7. The fourth-order valence-corrected chi connectivity index (χ4v) is 2.98. The molecule has 0 saturated carbocycles. The maximum absolute atomic E-state index is 12.2. The van der Waals surface area contributed by atoms with Gasteiger partial charge in [-0.05, 0) is 43.0 Å². The molecule has 0 spiro atoms. The second-order valence-corrected chi connectivity index (χ2v) is 7.05. The van der Waals surface area contributed by atoms with E-state index in [1.807, 2.05) is 13.8 Å². The first kappa shape index (κ1) is 24.3. The van der Waals surface area contributed by atoms with Gasteiger partial charge in [0.15, 0.2) is 0 Å². The maximum Gasteiger partial charge on any atom is 0.471 e. The quantitative estimate of drug-likeness (QED) is 0.555. The molecule has 3 N–H and O–H groups in total. The summed E-state index contributed by atoms with van der Waals surface area (Å²) in [6.07, 6.45) is -3.60. The van der Waals surface area contributed by atoms with Crippen LogP contribution in [-0.2, 0) is 4.79 Å². The molecule has 0 aliphatic carbocycles. The number of carbonyl (C=O) groups is 1. The molecule has 0 aliphatic heterocycles. The summed E-state index contributed by atoms with van der Waals surface area (Å²) >= 11 is 6.05. The summed E-state index contributed by atoms with van der Waals surface area (Å²) in [7, 11) is 0. The van der Waals surface area contributed by atoms with Gasteiger partial charge >= 0.3 is 12.1 Å². The Labute approximate surface area is 168 Å². The van der Waals surface area contributed by atoms with Crippen LogP contribution in [0.5, 0.6) is 0 Å². The summed E-state index contributed by atoms with van der Waals surface area (Å²) < 4.78 is 36.5. The molecule has 0 radical (unpaired) electrons. The van der Waals surface area contributed by atoms with Crippen molar-refractivity contribution in [2.75, 3.05) is 6.54 Å². The van der Waals surface area contributed by atoms with E-state index in [0.717, 1.165) is 12.8 Å². The molecule has 0 aliphatic rings. The summed E-state index contributed by atoms with van der Waals surface area (Å²) in [6, 6.07) is 4.62. The Morgan fingerprint density at radius 1 is 1.21 bits per heavy atom. The molecular formula is C20H25ClF3NO3. The third-order valence-corrected chi connectivity index (χ3v) is 4.25. The van der Waals surface area contributed by atoms with E-state index in [4.69, 9.17) is 11.6 Å². The number of hydrogen-bond acceptors (Lipinski definition) is 3. The van der Waals surface area contributed by atoms with Gasteiger partial charge in [0.2, 0.25) is 0 Å². The molecule has 0 fully saturated rings. The molecule has 0 bridgehead atoms. The second-order valence-electron chi connectivity index (χ2n) is 6.61. The minimum atomic E-state index is -4.96. The van der Waals surface area contributed by atoms with Crippen LogP contribution in [0.25, 0.3) is 0 Å². The largest absolute Gasteiger partial charge is 0.471 e. The summed E-state index contributed by atoms with van der Waals surface area (Å²) in [5.74, 6) is 3.68. The van der Waals surface area contributed by atoms with Crippen LogP contribution < -0.4 is 5.32 Å². The van der Waals surface area contributed by atoms with Gasteiger partial charge in [0.1, 0.15) is 5.60 Å². The Hall–Kier alpha value is -1.75. The third-order valence-electron chi connectivity index (χ3n) is 4.03. The number of halogens is 4. The van der Waals surface area contributed by atoms with E-state index in [9.17, 15) is 28.2 Å². The first-order valence-electron chi connectivity index (χ1n) is 9.10. The molecule has 156 valence electrons. The van der Waals surface area contributed by atoms with Crippen LogP contribution in [0.2, 0.25) is 5.02 Å². The van der Waals surface area contributed by atoms with Crippen molar-refractivity contribution in [3.63, 3.8) is 0 Å². The van der Waals surface area contributed by atoms with Crippen molar-refractivity contribution in [3.05, 3.63) is 34.3 Å². The first-order chi connectivity index (χ1) is 13.0. The molecule has 1 amide bonds. The predicted molar refractivity (Wildman–Crippen MR) is 102 cm³/mol. The minimum Gasteiger partial charge on any atom is -0.388 e. The van der Waals surface area contributed by atoms with E-state index in [0.29, 0.717) is 29.0 Å². The van der Waals surface area contributed by atoms with Gasteiger partial charge in [0.25, 0.3) is 0 Å². The van der Waals surface area contributed by atoms with Crippen LogP contribution in [0.3, 0.4) is 0 Å². The van der Waals surface area contributed by atoms with Crippen LogP contribution in [0.1, 0.15) is 63.2 Å². The van der Waals surface area contributed by atoms with Crippen molar-refractivity contribution in [1.82, 2.24) is 5.32 Å². The van der Waals surface area contributed by atoms with Crippen molar-refractivity contribution in [2.24, 2.45) is 0 Å². The van der Waals surface area contributed by atoms with Gasteiger partial charge in [-0.25, -0.2) is 0 Å². The minimum absolute atomic E-state index is 0.120. The maximum atomic E-state index is 12.2. The van der Waals surface area contributed by atoms with Gasteiger partial charge in [0.05, 0.1) is 6.10 Å². The molecule has 1 aromatic carbocycles. The lowest BCUT2D eigenvalue weighted by atomic mass is 9.93. The third kappa shape index (κ3) is 8.09. The van der Waals surface area contributed by atoms with Crippen molar-refractivity contribution in [1.29, 1.82) is 0 Å². The monoisotopic (exact) mass is 419 g/mol. The highest BCUT2D eigenvalue weighted by molar-refractivity contribution is 6.30. The number of aliphatic hydroxyl groups is 2. The van der Waals surface area contributed by atoms with Crippen molar-refractivity contribution in [2.45, 2.75) is 63.8 Å². The molecule has 28 heavy (non-hydrogen) atoms. The van der Waals surface area contributed by atoms with Gasteiger partial charge in [0, 0.05) is 17.1 Å². The molecule has 1 aromatic rings. The van der Waals surface area contributed by atoms with Crippen LogP contribution in [-0.4, -0.2) is 34.4 Å². The van der Waals surface area contributed by atoms with Gasteiger partial charge < -0.3 is 15.5 Å². The van der Waals surface area contributed by atoms with E-state index in [2.05, 4.69) is 11.8 Å². The van der Waals surface area contributed by atoms with Gasteiger partial charge in [-0.2, -0.15) is 13.2 Å². The molecule has 0 saturated heterocycles. The lowest BCUT2D eigenvalue weighted by Crippen LogP contribution is -2.37. The summed E-state index contributed by atoms with van der Waals surface area (Å²) in [5.41, 5.74) is -0.258. The zero-order valence-electron chi connectivity index (χ0n) is 15.9. The van der Waals surface area contributed by atoms with E-state index in [1.54, 1.807) is 17.4 Å². The number of hydrogen-bond donors (Lipinski definition) is 3. The van der Waals surface area contributed by atoms with Crippen molar-refractivity contribution >= 4 is 17.5 Å². The van der Waals surface area contributed by atoms with Crippen molar-refractivity contribution < 1.29 is 28.2 Å². The Morgan fingerprint density at radius 3 is 2.36 bits per heavy atom. The number of aliphatic hydroxyl groups excluding tert-OH is 1. The van der Waals surface area contributed by atoms with E-state index in [-0.39, 0.29) is 13.0 Å². The summed E-state index contributed by atoms with van der Waals surface area (Å²) in [6.45, 7) is 3.56. The Balaban J connectivity index is 2.88. The first-order valence-corrected chi connectivity index (χ1v) is 9.47. The van der Waals surface area contributed by atoms with E-state index >= 15 is 0 Å². The molecular weight excluding hydrogens is 395 g/mol. The van der Waals surface area contributed by atoms with Crippen LogP contribution in [0.4, 0.5) is 13.2 Å². The van der Waals surface area contributed by atoms with Crippen LogP contribution >= 0.6 is 11.6 Å². The number of carbonyl (C=O) groups excluding carboxylic acids is 1. The topological polar surface area (TPSA) is 69.6 Å². The normalized spacial score (nSPS) is 12.9. The molecule has 8 heteroatoms. The predicted octanol–water partition coefficient (Wildman–Crippen LogP) is 4.12. The van der Waals surface area contributed by atoms with Crippen LogP contribution in [0, 0.1) is 11.8 Å².